The van der Waals surface area contributed by atoms with Gasteiger partial charge in [-0.25, -0.2) is 9.97 Å². The quantitative estimate of drug-likeness (QED) is 0.769. The van der Waals surface area contributed by atoms with Gasteiger partial charge in [0, 0.05) is 30.2 Å². The van der Waals surface area contributed by atoms with Crippen LogP contribution in [-0.2, 0) is 17.8 Å². The van der Waals surface area contributed by atoms with Crippen LogP contribution in [0.25, 0.3) is 10.9 Å². The number of rotatable bonds is 2. The molecule has 25 heavy (non-hydrogen) atoms. The molecular formula is C18H16N4O2S. The lowest BCUT2D eigenvalue weighted by Gasteiger charge is -2.25. The first-order valence-corrected chi connectivity index (χ1v) is 8.83. The third-order valence-corrected chi connectivity index (χ3v) is 5.12. The lowest BCUT2D eigenvalue weighted by molar-refractivity contribution is -0.114. The third kappa shape index (κ3) is 3.10. The Morgan fingerprint density at radius 1 is 1.16 bits per heavy atom. The number of pyridine rings is 1. The van der Waals surface area contributed by atoms with Gasteiger partial charge >= 0.3 is 0 Å². The molecule has 2 aromatic heterocycles. The SMILES string of the molecule is CC(=O)Nc1nc2c(s1)CN(C(=O)c1ccc3ccccc3n1)CC2. The van der Waals surface area contributed by atoms with Gasteiger partial charge in [0.1, 0.15) is 5.69 Å². The topological polar surface area (TPSA) is 75.2 Å². The fraction of sp³-hybridized carbons (Fsp3) is 0.222. The molecule has 7 heteroatoms. The number of carbonyl (C=O) groups excluding carboxylic acids is 2. The van der Waals surface area contributed by atoms with Crippen molar-refractivity contribution in [1.82, 2.24) is 14.9 Å². The van der Waals surface area contributed by atoms with Crippen molar-refractivity contribution in [3.63, 3.8) is 0 Å². The van der Waals surface area contributed by atoms with E-state index in [9.17, 15) is 9.59 Å². The summed E-state index contributed by atoms with van der Waals surface area (Å²) in [6.45, 7) is 2.56. The maximum Gasteiger partial charge on any atom is 0.272 e. The molecule has 3 heterocycles. The molecule has 0 saturated heterocycles. The Kier molecular flexibility index (Phi) is 3.93. The summed E-state index contributed by atoms with van der Waals surface area (Å²) in [7, 11) is 0. The smallest absolute Gasteiger partial charge is 0.272 e. The third-order valence-electron chi connectivity index (χ3n) is 4.12. The molecule has 1 aliphatic heterocycles. The van der Waals surface area contributed by atoms with Crippen molar-refractivity contribution >= 4 is 39.2 Å². The van der Waals surface area contributed by atoms with Crippen LogP contribution in [0, 0.1) is 0 Å². The number of hydrogen-bond acceptors (Lipinski definition) is 5. The van der Waals surface area contributed by atoms with Crippen molar-refractivity contribution < 1.29 is 9.59 Å². The second-order valence-electron chi connectivity index (χ2n) is 5.94. The van der Waals surface area contributed by atoms with E-state index in [2.05, 4.69) is 15.3 Å². The van der Waals surface area contributed by atoms with Gasteiger partial charge in [-0.3, -0.25) is 9.59 Å². The van der Waals surface area contributed by atoms with Gasteiger partial charge in [-0.2, -0.15) is 0 Å². The summed E-state index contributed by atoms with van der Waals surface area (Å²) in [4.78, 5) is 35.7. The zero-order valence-corrected chi connectivity index (χ0v) is 14.5. The molecule has 0 unspecified atom stereocenters. The van der Waals surface area contributed by atoms with Crippen LogP contribution in [-0.4, -0.2) is 33.2 Å². The number of fused-ring (bicyclic) bond motifs is 2. The molecule has 4 rings (SSSR count). The highest BCUT2D eigenvalue weighted by molar-refractivity contribution is 7.15. The van der Waals surface area contributed by atoms with E-state index in [0.29, 0.717) is 30.3 Å². The molecule has 0 saturated carbocycles. The van der Waals surface area contributed by atoms with Crippen molar-refractivity contribution in [2.45, 2.75) is 19.9 Å². The fourth-order valence-corrected chi connectivity index (χ4v) is 3.99. The Balaban J connectivity index is 1.56. The van der Waals surface area contributed by atoms with Gasteiger partial charge in [0.25, 0.3) is 5.91 Å². The molecule has 126 valence electrons. The number of benzene rings is 1. The average Bonchev–Trinajstić information content (AvgIpc) is 3.01. The van der Waals surface area contributed by atoms with Crippen molar-refractivity contribution in [1.29, 1.82) is 0 Å². The number of aromatic nitrogens is 2. The Bertz CT molecular complexity index is 982. The maximum absolute atomic E-state index is 12.8. The van der Waals surface area contributed by atoms with Crippen LogP contribution in [0.3, 0.4) is 0 Å². The second kappa shape index (κ2) is 6.25. The van der Waals surface area contributed by atoms with Gasteiger partial charge in [0.2, 0.25) is 5.91 Å². The summed E-state index contributed by atoms with van der Waals surface area (Å²) >= 11 is 1.43. The number of para-hydroxylation sites is 1. The second-order valence-corrected chi connectivity index (χ2v) is 7.02. The zero-order chi connectivity index (χ0) is 17.4. The average molecular weight is 352 g/mol. The minimum atomic E-state index is -0.139. The lowest BCUT2D eigenvalue weighted by Crippen LogP contribution is -2.35. The van der Waals surface area contributed by atoms with E-state index in [1.807, 2.05) is 30.3 Å². The molecule has 0 atom stereocenters. The number of nitrogens with one attached hydrogen (secondary N) is 1. The molecule has 0 spiro atoms. The Hall–Kier alpha value is -2.80. The summed E-state index contributed by atoms with van der Waals surface area (Å²) in [6, 6.07) is 11.4. The first-order valence-electron chi connectivity index (χ1n) is 8.01. The normalized spacial score (nSPS) is 13.6. The van der Waals surface area contributed by atoms with Gasteiger partial charge in [-0.1, -0.05) is 35.6 Å². The summed E-state index contributed by atoms with van der Waals surface area (Å²) in [5.41, 5.74) is 2.23. The van der Waals surface area contributed by atoms with Crippen LogP contribution in [0.4, 0.5) is 5.13 Å². The minimum Gasteiger partial charge on any atom is -0.332 e. The van der Waals surface area contributed by atoms with E-state index < -0.39 is 0 Å². The summed E-state index contributed by atoms with van der Waals surface area (Å²) in [5, 5.41) is 4.32. The number of thiazole rings is 1. The minimum absolute atomic E-state index is 0.0779. The monoisotopic (exact) mass is 352 g/mol. The first kappa shape index (κ1) is 15.7. The first-order chi connectivity index (χ1) is 12.1. The summed E-state index contributed by atoms with van der Waals surface area (Å²) < 4.78 is 0. The van der Waals surface area contributed by atoms with Crippen LogP contribution >= 0.6 is 11.3 Å². The van der Waals surface area contributed by atoms with Gasteiger partial charge < -0.3 is 10.2 Å². The molecule has 1 N–H and O–H groups in total. The van der Waals surface area contributed by atoms with E-state index >= 15 is 0 Å². The Morgan fingerprint density at radius 2 is 2.00 bits per heavy atom. The molecule has 6 nitrogen and oxygen atoms in total. The molecule has 0 radical (unpaired) electrons. The Labute approximate surface area is 148 Å². The number of nitrogens with zero attached hydrogens (tertiary/aromatic N) is 3. The largest absolute Gasteiger partial charge is 0.332 e. The van der Waals surface area contributed by atoms with Gasteiger partial charge in [-0.15, -0.1) is 0 Å². The molecule has 1 aromatic carbocycles. The molecule has 3 aromatic rings. The number of hydrogen-bond donors (Lipinski definition) is 1. The van der Waals surface area contributed by atoms with E-state index in [1.165, 1.54) is 18.3 Å². The van der Waals surface area contributed by atoms with Crippen molar-refractivity contribution in [3.05, 3.63) is 52.7 Å². The van der Waals surface area contributed by atoms with E-state index in [0.717, 1.165) is 21.5 Å². The standard InChI is InChI=1S/C18H16N4O2S/c1-11(23)19-18-21-14-8-9-22(10-16(14)25-18)17(24)15-7-6-12-4-2-3-5-13(12)20-15/h2-7H,8-10H2,1H3,(H,19,21,23). The highest BCUT2D eigenvalue weighted by Gasteiger charge is 2.25. The molecule has 0 aliphatic carbocycles. The van der Waals surface area contributed by atoms with E-state index in [4.69, 9.17) is 0 Å². The van der Waals surface area contributed by atoms with Gasteiger partial charge in [0.15, 0.2) is 5.13 Å². The van der Waals surface area contributed by atoms with Gasteiger partial charge in [0.05, 0.1) is 17.8 Å². The molecular weight excluding hydrogens is 336 g/mol. The predicted molar refractivity (Wildman–Crippen MR) is 96.6 cm³/mol. The molecule has 0 fully saturated rings. The predicted octanol–water partition coefficient (Wildman–Crippen LogP) is 2.85. The van der Waals surface area contributed by atoms with Gasteiger partial charge in [-0.05, 0) is 12.1 Å². The summed E-state index contributed by atoms with van der Waals surface area (Å²) in [6.07, 6.45) is 0.685. The zero-order valence-electron chi connectivity index (χ0n) is 13.7. The maximum atomic E-state index is 12.8. The molecule has 2 amide bonds. The highest BCUT2D eigenvalue weighted by atomic mass is 32.1. The fourth-order valence-electron chi connectivity index (χ4n) is 2.92. The van der Waals surface area contributed by atoms with E-state index in [-0.39, 0.29) is 11.8 Å². The Morgan fingerprint density at radius 3 is 2.84 bits per heavy atom. The van der Waals surface area contributed by atoms with Crippen molar-refractivity contribution in [2.75, 3.05) is 11.9 Å². The number of carbonyl (C=O) groups is 2. The summed E-state index contributed by atoms with van der Waals surface area (Å²) in [5.74, 6) is -0.217. The number of amides is 2. The molecule has 0 bridgehead atoms. The van der Waals surface area contributed by atoms with Crippen molar-refractivity contribution in [3.8, 4) is 0 Å². The van der Waals surface area contributed by atoms with Crippen LogP contribution < -0.4 is 5.32 Å². The molecule has 1 aliphatic rings. The van der Waals surface area contributed by atoms with E-state index in [1.54, 1.807) is 11.0 Å². The van der Waals surface area contributed by atoms with Crippen molar-refractivity contribution in [2.24, 2.45) is 0 Å². The van der Waals surface area contributed by atoms with Crippen LogP contribution in [0.15, 0.2) is 36.4 Å². The number of anilines is 1. The van der Waals surface area contributed by atoms with Crippen LogP contribution in [0.2, 0.25) is 0 Å². The lowest BCUT2D eigenvalue weighted by atomic mass is 10.1. The van der Waals surface area contributed by atoms with Crippen LogP contribution in [0.5, 0.6) is 0 Å². The van der Waals surface area contributed by atoms with Crippen LogP contribution in [0.1, 0.15) is 28.0 Å². The highest BCUT2D eigenvalue weighted by Crippen LogP contribution is 2.29.